The van der Waals surface area contributed by atoms with E-state index >= 15 is 0 Å². The fourth-order valence-corrected chi connectivity index (χ4v) is 3.26. The highest BCUT2D eigenvalue weighted by atomic mass is 32.2. The Morgan fingerprint density at radius 2 is 2.00 bits per heavy atom. The molecule has 0 aromatic heterocycles. The van der Waals surface area contributed by atoms with Gasteiger partial charge < -0.3 is 5.32 Å². The molecule has 1 aliphatic carbocycles. The zero-order valence-electron chi connectivity index (χ0n) is 10.6. The third-order valence-corrected chi connectivity index (χ3v) is 4.26. The Bertz CT molecular complexity index is 495. The Labute approximate surface area is 109 Å². The number of nitrogens with one attached hydrogen (secondary N) is 2. The van der Waals surface area contributed by atoms with Gasteiger partial charge in [-0.25, -0.2) is 13.1 Å². The summed E-state index contributed by atoms with van der Waals surface area (Å²) in [4.78, 5) is 0. The number of benzene rings is 1. The molecule has 0 bridgehead atoms. The molecule has 0 amide bonds. The minimum absolute atomic E-state index is 0.0729. The van der Waals surface area contributed by atoms with Crippen molar-refractivity contribution in [2.75, 3.05) is 6.54 Å². The summed E-state index contributed by atoms with van der Waals surface area (Å²) in [5, 5.41) is 3.23. The third kappa shape index (κ3) is 4.40. The summed E-state index contributed by atoms with van der Waals surface area (Å²) >= 11 is 0. The second-order valence-electron chi connectivity index (χ2n) is 4.75. The molecule has 0 radical (unpaired) electrons. The lowest BCUT2D eigenvalue weighted by Gasteiger charge is -2.07. The summed E-state index contributed by atoms with van der Waals surface area (Å²) in [6.45, 7) is 3.74. The highest BCUT2D eigenvalue weighted by Gasteiger charge is 2.26. The Balaban J connectivity index is 1.99. The summed E-state index contributed by atoms with van der Waals surface area (Å²) in [5.74, 6) is 0.0729. The van der Waals surface area contributed by atoms with Crippen LogP contribution < -0.4 is 10.0 Å². The summed E-state index contributed by atoms with van der Waals surface area (Å²) in [7, 11) is -3.18. The first kappa shape index (κ1) is 13.5. The van der Waals surface area contributed by atoms with Crippen LogP contribution in [0.3, 0.4) is 0 Å². The Morgan fingerprint density at radius 1 is 1.28 bits per heavy atom. The van der Waals surface area contributed by atoms with Crippen molar-refractivity contribution >= 4 is 10.0 Å². The third-order valence-electron chi connectivity index (χ3n) is 2.85. The van der Waals surface area contributed by atoms with E-state index in [1.54, 1.807) is 0 Å². The zero-order valence-corrected chi connectivity index (χ0v) is 11.5. The van der Waals surface area contributed by atoms with Crippen LogP contribution in [0.1, 0.15) is 30.9 Å². The predicted molar refractivity (Wildman–Crippen MR) is 72.6 cm³/mol. The van der Waals surface area contributed by atoms with E-state index in [0.717, 1.165) is 37.1 Å². The Morgan fingerprint density at radius 3 is 2.67 bits per heavy atom. The highest BCUT2D eigenvalue weighted by molar-refractivity contribution is 7.88. The molecule has 0 heterocycles. The van der Waals surface area contributed by atoms with Crippen molar-refractivity contribution < 1.29 is 8.42 Å². The van der Waals surface area contributed by atoms with Crippen molar-refractivity contribution in [2.24, 2.45) is 0 Å². The standard InChI is InChI=1S/C13H20N2O2S/c1-2-14-9-11-4-3-5-12(8-11)10-18(16,17)15-13-6-7-13/h3-5,8,13-15H,2,6-7,9-10H2,1H3. The predicted octanol–water partition coefficient (Wildman–Crippen LogP) is 1.38. The van der Waals surface area contributed by atoms with Gasteiger partial charge in [0.1, 0.15) is 0 Å². The van der Waals surface area contributed by atoms with Crippen LogP contribution in [0.5, 0.6) is 0 Å². The monoisotopic (exact) mass is 268 g/mol. The van der Waals surface area contributed by atoms with E-state index in [4.69, 9.17) is 0 Å². The van der Waals surface area contributed by atoms with E-state index in [1.165, 1.54) is 0 Å². The minimum atomic E-state index is -3.18. The Kier molecular flexibility index (Phi) is 4.37. The summed E-state index contributed by atoms with van der Waals surface area (Å²) in [5.41, 5.74) is 1.97. The van der Waals surface area contributed by atoms with Crippen molar-refractivity contribution in [1.82, 2.24) is 10.0 Å². The molecule has 1 aromatic rings. The normalized spacial score (nSPS) is 15.8. The van der Waals surface area contributed by atoms with Crippen LogP contribution in [0.2, 0.25) is 0 Å². The Hall–Kier alpha value is -0.910. The minimum Gasteiger partial charge on any atom is -0.313 e. The van der Waals surface area contributed by atoms with Gasteiger partial charge in [0.15, 0.2) is 0 Å². The largest absolute Gasteiger partial charge is 0.313 e. The molecule has 18 heavy (non-hydrogen) atoms. The average Bonchev–Trinajstić information content (AvgIpc) is 3.09. The first-order valence-corrected chi connectivity index (χ1v) is 8.03. The molecular weight excluding hydrogens is 248 g/mol. The average molecular weight is 268 g/mol. The van der Waals surface area contributed by atoms with E-state index in [1.807, 2.05) is 31.2 Å². The van der Waals surface area contributed by atoms with Crippen LogP contribution in [0.15, 0.2) is 24.3 Å². The molecule has 1 saturated carbocycles. The molecule has 4 nitrogen and oxygen atoms in total. The van der Waals surface area contributed by atoms with Crippen molar-refractivity contribution in [3.8, 4) is 0 Å². The first-order chi connectivity index (χ1) is 8.59. The van der Waals surface area contributed by atoms with Gasteiger partial charge in [0.25, 0.3) is 0 Å². The van der Waals surface area contributed by atoms with E-state index in [0.29, 0.717) is 0 Å². The summed E-state index contributed by atoms with van der Waals surface area (Å²) in [6, 6.07) is 7.91. The van der Waals surface area contributed by atoms with Gasteiger partial charge >= 0.3 is 0 Å². The molecule has 2 N–H and O–H groups in total. The molecule has 0 saturated heterocycles. The van der Waals surface area contributed by atoms with Gasteiger partial charge in [0.05, 0.1) is 5.75 Å². The van der Waals surface area contributed by atoms with Crippen molar-refractivity contribution in [2.45, 2.75) is 38.1 Å². The highest BCUT2D eigenvalue weighted by Crippen LogP contribution is 2.20. The van der Waals surface area contributed by atoms with E-state index in [9.17, 15) is 8.42 Å². The molecule has 0 unspecified atom stereocenters. The zero-order chi connectivity index (χ0) is 13.0. The molecule has 1 fully saturated rings. The van der Waals surface area contributed by atoms with E-state index in [-0.39, 0.29) is 11.8 Å². The maximum absolute atomic E-state index is 11.8. The number of hydrogen-bond donors (Lipinski definition) is 2. The van der Waals surface area contributed by atoms with Gasteiger partial charge in [-0.15, -0.1) is 0 Å². The summed E-state index contributed by atoms with van der Waals surface area (Å²) < 4.78 is 26.4. The van der Waals surface area contributed by atoms with Gasteiger partial charge in [-0.1, -0.05) is 31.2 Å². The van der Waals surface area contributed by atoms with Gasteiger partial charge in [0, 0.05) is 12.6 Å². The molecule has 0 spiro atoms. The quantitative estimate of drug-likeness (QED) is 0.785. The van der Waals surface area contributed by atoms with Gasteiger partial charge in [0.2, 0.25) is 10.0 Å². The van der Waals surface area contributed by atoms with Crippen molar-refractivity contribution in [1.29, 1.82) is 0 Å². The number of sulfonamides is 1. The lowest BCUT2D eigenvalue weighted by molar-refractivity contribution is 0.580. The molecule has 1 aliphatic rings. The van der Waals surface area contributed by atoms with Crippen LogP contribution in [-0.2, 0) is 22.3 Å². The molecule has 2 rings (SSSR count). The second kappa shape index (κ2) is 5.82. The van der Waals surface area contributed by atoms with Crippen LogP contribution >= 0.6 is 0 Å². The number of hydrogen-bond acceptors (Lipinski definition) is 3. The smallest absolute Gasteiger partial charge is 0.216 e. The number of rotatable bonds is 7. The molecule has 0 aliphatic heterocycles. The topological polar surface area (TPSA) is 58.2 Å². The summed E-state index contributed by atoms with van der Waals surface area (Å²) in [6.07, 6.45) is 1.94. The van der Waals surface area contributed by atoms with Crippen LogP contribution in [0.25, 0.3) is 0 Å². The van der Waals surface area contributed by atoms with Gasteiger partial charge in [-0.3, -0.25) is 0 Å². The van der Waals surface area contributed by atoms with E-state index < -0.39 is 10.0 Å². The van der Waals surface area contributed by atoms with Gasteiger partial charge in [-0.05, 0) is 30.5 Å². The molecule has 5 heteroatoms. The molecule has 0 atom stereocenters. The fraction of sp³-hybridized carbons (Fsp3) is 0.538. The van der Waals surface area contributed by atoms with Crippen molar-refractivity contribution in [3.63, 3.8) is 0 Å². The van der Waals surface area contributed by atoms with Crippen LogP contribution in [0.4, 0.5) is 0 Å². The van der Waals surface area contributed by atoms with Crippen molar-refractivity contribution in [3.05, 3.63) is 35.4 Å². The lowest BCUT2D eigenvalue weighted by atomic mass is 10.1. The van der Waals surface area contributed by atoms with E-state index in [2.05, 4.69) is 10.0 Å². The van der Waals surface area contributed by atoms with Gasteiger partial charge in [-0.2, -0.15) is 0 Å². The van der Waals surface area contributed by atoms with Crippen LogP contribution in [-0.4, -0.2) is 21.0 Å². The fourth-order valence-electron chi connectivity index (χ4n) is 1.81. The lowest BCUT2D eigenvalue weighted by Crippen LogP contribution is -2.27. The molecule has 1 aromatic carbocycles. The maximum atomic E-state index is 11.8. The maximum Gasteiger partial charge on any atom is 0.216 e. The SMILES string of the molecule is CCNCc1cccc(CS(=O)(=O)NC2CC2)c1. The second-order valence-corrected chi connectivity index (χ2v) is 6.51. The van der Waals surface area contributed by atoms with Crippen LogP contribution in [0, 0.1) is 0 Å². The molecule has 100 valence electrons. The first-order valence-electron chi connectivity index (χ1n) is 6.37. The molecular formula is C13H20N2O2S.